The van der Waals surface area contributed by atoms with Crippen LogP contribution in [0.2, 0.25) is 0 Å². The molecule has 0 aliphatic carbocycles. The first kappa shape index (κ1) is 10.3. The molecule has 0 aliphatic rings. The minimum Gasteiger partial charge on any atom is -0.262 e. The number of nitrogens with zero attached hydrogens (tertiary/aromatic N) is 4. The molecule has 0 spiro atoms. The minimum absolute atomic E-state index is 0.709. The van der Waals surface area contributed by atoms with Crippen molar-refractivity contribution in [3.8, 4) is 11.5 Å². The molecule has 15 heavy (non-hydrogen) atoms. The van der Waals surface area contributed by atoms with E-state index in [9.17, 15) is 0 Å². The monoisotopic (exact) mass is 266 g/mol. The van der Waals surface area contributed by atoms with Crippen LogP contribution in [0.15, 0.2) is 22.9 Å². The standard InChI is InChI=1S/C10H11BrN4/c1-3-15-9(4-7(2)14-15)10-12-5-8(11)6-13-10/h4-6H,3H2,1-2H3. The highest BCUT2D eigenvalue weighted by Crippen LogP contribution is 2.17. The van der Waals surface area contributed by atoms with Gasteiger partial charge in [-0.05, 0) is 35.8 Å². The van der Waals surface area contributed by atoms with Crippen molar-refractivity contribution >= 4 is 15.9 Å². The zero-order valence-corrected chi connectivity index (χ0v) is 10.2. The Morgan fingerprint density at radius 2 is 2.00 bits per heavy atom. The number of aromatic nitrogens is 4. The molecular weight excluding hydrogens is 256 g/mol. The lowest BCUT2D eigenvalue weighted by atomic mass is 10.3. The van der Waals surface area contributed by atoms with E-state index in [1.165, 1.54) is 0 Å². The maximum atomic E-state index is 4.35. The molecule has 0 aliphatic heterocycles. The molecule has 2 aromatic heterocycles. The summed E-state index contributed by atoms with van der Waals surface area (Å²) in [5, 5.41) is 4.35. The molecule has 2 heterocycles. The van der Waals surface area contributed by atoms with Gasteiger partial charge in [-0.2, -0.15) is 5.10 Å². The predicted octanol–water partition coefficient (Wildman–Crippen LogP) is 2.43. The predicted molar refractivity (Wildman–Crippen MR) is 61.4 cm³/mol. The zero-order valence-electron chi connectivity index (χ0n) is 8.61. The van der Waals surface area contributed by atoms with Gasteiger partial charge in [0.1, 0.15) is 5.69 Å². The van der Waals surface area contributed by atoms with Crippen LogP contribution >= 0.6 is 15.9 Å². The Morgan fingerprint density at radius 3 is 2.60 bits per heavy atom. The lowest BCUT2D eigenvalue weighted by molar-refractivity contribution is 0.657. The first-order valence-electron chi connectivity index (χ1n) is 4.73. The first-order chi connectivity index (χ1) is 7.20. The molecule has 0 fully saturated rings. The van der Waals surface area contributed by atoms with Gasteiger partial charge >= 0.3 is 0 Å². The average Bonchev–Trinajstić information content (AvgIpc) is 2.61. The largest absolute Gasteiger partial charge is 0.262 e. The van der Waals surface area contributed by atoms with E-state index < -0.39 is 0 Å². The zero-order chi connectivity index (χ0) is 10.8. The third-order valence-corrected chi connectivity index (χ3v) is 2.46. The van der Waals surface area contributed by atoms with Crippen LogP contribution in [0.3, 0.4) is 0 Å². The molecule has 0 aromatic carbocycles. The second-order valence-corrected chi connectivity index (χ2v) is 4.13. The summed E-state index contributed by atoms with van der Waals surface area (Å²) in [6.45, 7) is 4.84. The van der Waals surface area contributed by atoms with Crippen molar-refractivity contribution in [1.82, 2.24) is 19.7 Å². The molecular formula is C10H11BrN4. The van der Waals surface area contributed by atoms with Crippen molar-refractivity contribution in [1.29, 1.82) is 0 Å². The second kappa shape index (κ2) is 4.10. The number of rotatable bonds is 2. The SMILES string of the molecule is CCn1nc(C)cc1-c1ncc(Br)cn1. The highest BCUT2D eigenvalue weighted by Gasteiger charge is 2.08. The molecule has 78 valence electrons. The molecule has 2 rings (SSSR count). The summed E-state index contributed by atoms with van der Waals surface area (Å²) >= 11 is 3.31. The van der Waals surface area contributed by atoms with Gasteiger partial charge in [-0.1, -0.05) is 0 Å². The second-order valence-electron chi connectivity index (χ2n) is 3.21. The Hall–Kier alpha value is -1.23. The Labute approximate surface area is 96.5 Å². The molecule has 0 radical (unpaired) electrons. The highest BCUT2D eigenvalue weighted by molar-refractivity contribution is 9.10. The number of hydrogen-bond acceptors (Lipinski definition) is 3. The van der Waals surface area contributed by atoms with Crippen molar-refractivity contribution in [2.24, 2.45) is 0 Å². The van der Waals surface area contributed by atoms with Crippen LogP contribution < -0.4 is 0 Å². The number of halogens is 1. The summed E-state index contributed by atoms with van der Waals surface area (Å²) in [5.74, 6) is 0.709. The van der Waals surface area contributed by atoms with Gasteiger partial charge in [0.2, 0.25) is 0 Å². The van der Waals surface area contributed by atoms with Gasteiger partial charge in [0.25, 0.3) is 0 Å². The summed E-state index contributed by atoms with van der Waals surface area (Å²) in [7, 11) is 0. The van der Waals surface area contributed by atoms with Crippen LogP contribution in [0.4, 0.5) is 0 Å². The molecule has 0 atom stereocenters. The van der Waals surface area contributed by atoms with E-state index in [4.69, 9.17) is 0 Å². The third kappa shape index (κ3) is 2.07. The summed E-state index contributed by atoms with van der Waals surface area (Å²) in [5.41, 5.74) is 1.95. The topological polar surface area (TPSA) is 43.6 Å². The van der Waals surface area contributed by atoms with Crippen LogP contribution in [-0.4, -0.2) is 19.7 Å². The van der Waals surface area contributed by atoms with Crippen LogP contribution in [-0.2, 0) is 6.54 Å². The summed E-state index contributed by atoms with van der Waals surface area (Å²) in [4.78, 5) is 8.50. The number of aryl methyl sites for hydroxylation is 2. The fraction of sp³-hybridized carbons (Fsp3) is 0.300. The summed E-state index contributed by atoms with van der Waals surface area (Å²) in [6, 6.07) is 1.99. The molecule has 5 heteroatoms. The molecule has 4 nitrogen and oxygen atoms in total. The van der Waals surface area contributed by atoms with Crippen LogP contribution in [0.5, 0.6) is 0 Å². The lowest BCUT2D eigenvalue weighted by Crippen LogP contribution is -2.01. The molecule has 0 N–H and O–H groups in total. The molecule has 0 unspecified atom stereocenters. The van der Waals surface area contributed by atoms with Gasteiger partial charge in [-0.3, -0.25) is 4.68 Å². The molecule has 0 saturated carbocycles. The van der Waals surface area contributed by atoms with Gasteiger partial charge in [0.05, 0.1) is 10.2 Å². The Balaban J connectivity index is 2.48. The van der Waals surface area contributed by atoms with Crippen LogP contribution in [0.1, 0.15) is 12.6 Å². The molecule has 0 amide bonds. The van der Waals surface area contributed by atoms with Crippen molar-refractivity contribution in [3.05, 3.63) is 28.6 Å². The first-order valence-corrected chi connectivity index (χ1v) is 5.52. The van der Waals surface area contributed by atoms with E-state index in [-0.39, 0.29) is 0 Å². The fourth-order valence-corrected chi connectivity index (χ4v) is 1.62. The maximum absolute atomic E-state index is 4.35. The van der Waals surface area contributed by atoms with E-state index in [0.29, 0.717) is 5.82 Å². The smallest absolute Gasteiger partial charge is 0.177 e. The van der Waals surface area contributed by atoms with E-state index in [2.05, 4.69) is 37.9 Å². The van der Waals surface area contributed by atoms with Crippen molar-refractivity contribution in [2.45, 2.75) is 20.4 Å². The van der Waals surface area contributed by atoms with Gasteiger partial charge < -0.3 is 0 Å². The summed E-state index contributed by atoms with van der Waals surface area (Å²) in [6.07, 6.45) is 3.48. The number of hydrogen-bond donors (Lipinski definition) is 0. The van der Waals surface area contributed by atoms with Crippen molar-refractivity contribution in [3.63, 3.8) is 0 Å². The van der Waals surface area contributed by atoms with Gasteiger partial charge in [0.15, 0.2) is 5.82 Å². The molecule has 0 saturated heterocycles. The van der Waals surface area contributed by atoms with E-state index >= 15 is 0 Å². The Bertz CT molecular complexity index is 461. The summed E-state index contributed by atoms with van der Waals surface area (Å²) < 4.78 is 2.78. The molecule has 2 aromatic rings. The Morgan fingerprint density at radius 1 is 1.33 bits per heavy atom. The van der Waals surface area contributed by atoms with Gasteiger partial charge in [0, 0.05) is 18.9 Å². The maximum Gasteiger partial charge on any atom is 0.177 e. The van der Waals surface area contributed by atoms with E-state index in [1.807, 2.05) is 17.7 Å². The fourth-order valence-electron chi connectivity index (χ4n) is 1.41. The van der Waals surface area contributed by atoms with Gasteiger partial charge in [-0.25, -0.2) is 9.97 Å². The van der Waals surface area contributed by atoms with Crippen molar-refractivity contribution in [2.75, 3.05) is 0 Å². The highest BCUT2D eigenvalue weighted by atomic mass is 79.9. The van der Waals surface area contributed by atoms with E-state index in [0.717, 1.165) is 22.4 Å². The van der Waals surface area contributed by atoms with Crippen LogP contribution in [0.25, 0.3) is 11.5 Å². The average molecular weight is 267 g/mol. The van der Waals surface area contributed by atoms with Gasteiger partial charge in [-0.15, -0.1) is 0 Å². The quantitative estimate of drug-likeness (QED) is 0.839. The minimum atomic E-state index is 0.709. The lowest BCUT2D eigenvalue weighted by Gasteiger charge is -2.02. The normalized spacial score (nSPS) is 10.6. The Kier molecular flexibility index (Phi) is 2.81. The van der Waals surface area contributed by atoms with Crippen molar-refractivity contribution < 1.29 is 0 Å². The molecule has 0 bridgehead atoms. The van der Waals surface area contributed by atoms with Crippen LogP contribution in [0, 0.1) is 6.92 Å². The third-order valence-electron chi connectivity index (χ3n) is 2.05. The van der Waals surface area contributed by atoms with E-state index in [1.54, 1.807) is 12.4 Å².